The van der Waals surface area contributed by atoms with E-state index in [4.69, 9.17) is 4.74 Å². The van der Waals surface area contributed by atoms with Crippen molar-refractivity contribution in [1.29, 1.82) is 0 Å². The number of nitro groups is 2. The number of benzene rings is 2. The molecule has 0 atom stereocenters. The molecule has 14 nitrogen and oxygen atoms in total. The van der Waals surface area contributed by atoms with Gasteiger partial charge in [-0.05, 0) is 52.0 Å². The number of hydrogen-bond acceptors (Lipinski definition) is 10. The fourth-order valence-corrected chi connectivity index (χ4v) is 4.65. The molecule has 0 saturated heterocycles. The number of anilines is 1. The molecule has 0 aliphatic carbocycles. The van der Waals surface area contributed by atoms with E-state index in [1.807, 2.05) is 13.8 Å². The summed E-state index contributed by atoms with van der Waals surface area (Å²) < 4.78 is 35.6. The fraction of sp³-hybridized carbons (Fsp3) is 0.174. The number of nitrogens with one attached hydrogen (secondary N) is 1. The SMILES string of the molecule is Cc1nc(Oc2ccc(NS(=O)(=O)c3cc([N+](=O)[O-])c(C)c([N+](=O)[O-])c3)cc2)cc(-n2cnc(C)c2C)n1. The topological polar surface area (TPSA) is 185 Å². The lowest BCUT2D eigenvalue weighted by Gasteiger charge is -2.11. The number of ether oxygens (including phenoxy) is 1. The molecule has 38 heavy (non-hydrogen) atoms. The normalized spacial score (nSPS) is 11.3. The Hall–Kier alpha value is -4.92. The highest BCUT2D eigenvalue weighted by Crippen LogP contribution is 2.32. The Kier molecular flexibility index (Phi) is 6.78. The second kappa shape index (κ2) is 9.85. The largest absolute Gasteiger partial charge is 0.439 e. The van der Waals surface area contributed by atoms with Crippen LogP contribution in [-0.4, -0.2) is 37.8 Å². The van der Waals surface area contributed by atoms with E-state index in [-0.39, 0.29) is 17.1 Å². The van der Waals surface area contributed by atoms with Crippen LogP contribution in [0, 0.1) is 47.9 Å². The van der Waals surface area contributed by atoms with Crippen molar-refractivity contribution in [1.82, 2.24) is 19.5 Å². The average Bonchev–Trinajstić information content (AvgIpc) is 3.17. The van der Waals surface area contributed by atoms with Crippen LogP contribution in [0.4, 0.5) is 17.1 Å². The maximum Gasteiger partial charge on any atom is 0.280 e. The summed E-state index contributed by atoms with van der Waals surface area (Å²) in [6.07, 6.45) is 1.65. The summed E-state index contributed by atoms with van der Waals surface area (Å²) in [4.78, 5) is 33.2. The molecule has 2 aromatic heterocycles. The highest BCUT2D eigenvalue weighted by atomic mass is 32.2. The lowest BCUT2D eigenvalue weighted by molar-refractivity contribution is -0.395. The highest BCUT2D eigenvalue weighted by Gasteiger charge is 2.28. The molecule has 15 heteroatoms. The first-order valence-electron chi connectivity index (χ1n) is 11.0. The molecule has 0 radical (unpaired) electrons. The molecular weight excluding hydrogens is 518 g/mol. The third kappa shape index (κ3) is 5.27. The summed E-state index contributed by atoms with van der Waals surface area (Å²) in [6, 6.07) is 8.98. The van der Waals surface area contributed by atoms with Crippen molar-refractivity contribution < 1.29 is 23.0 Å². The van der Waals surface area contributed by atoms with Crippen molar-refractivity contribution >= 4 is 27.1 Å². The van der Waals surface area contributed by atoms with Gasteiger partial charge in [-0.15, -0.1) is 0 Å². The zero-order chi connectivity index (χ0) is 27.8. The first-order valence-corrected chi connectivity index (χ1v) is 12.4. The molecule has 196 valence electrons. The molecule has 1 N–H and O–H groups in total. The quantitative estimate of drug-likeness (QED) is 0.250. The van der Waals surface area contributed by atoms with Gasteiger partial charge in [0.2, 0.25) is 5.88 Å². The molecule has 0 unspecified atom stereocenters. The maximum atomic E-state index is 12.9. The zero-order valence-electron chi connectivity index (χ0n) is 20.6. The molecule has 0 spiro atoms. The van der Waals surface area contributed by atoms with Crippen LogP contribution >= 0.6 is 0 Å². The van der Waals surface area contributed by atoms with E-state index in [0.29, 0.717) is 17.4 Å². The molecule has 0 fully saturated rings. The van der Waals surface area contributed by atoms with E-state index in [9.17, 15) is 28.6 Å². The van der Waals surface area contributed by atoms with Gasteiger partial charge in [0.25, 0.3) is 21.4 Å². The predicted octanol–water partition coefficient (Wildman–Crippen LogP) is 4.31. The summed E-state index contributed by atoms with van der Waals surface area (Å²) in [5, 5.41) is 22.6. The minimum atomic E-state index is -4.39. The molecule has 0 amide bonds. The van der Waals surface area contributed by atoms with Gasteiger partial charge >= 0.3 is 0 Å². The Morgan fingerprint density at radius 2 is 1.53 bits per heavy atom. The van der Waals surface area contributed by atoms with Crippen molar-refractivity contribution in [3.05, 3.63) is 91.8 Å². The van der Waals surface area contributed by atoms with E-state index < -0.39 is 36.1 Å². The number of hydrogen-bond donors (Lipinski definition) is 1. The van der Waals surface area contributed by atoms with Crippen molar-refractivity contribution in [2.24, 2.45) is 0 Å². The molecule has 4 aromatic rings. The number of nitro benzene ring substituents is 2. The number of aryl methyl sites for hydroxylation is 2. The molecule has 4 rings (SSSR count). The van der Waals surface area contributed by atoms with Gasteiger partial charge in [0.05, 0.1) is 15.5 Å². The van der Waals surface area contributed by atoms with Gasteiger partial charge in [-0.1, -0.05) is 0 Å². The number of nitrogens with zero attached hydrogens (tertiary/aromatic N) is 6. The highest BCUT2D eigenvalue weighted by molar-refractivity contribution is 7.92. The second-order valence-electron chi connectivity index (χ2n) is 8.23. The molecular formula is C23H21N7O7S. The zero-order valence-corrected chi connectivity index (χ0v) is 21.4. The molecule has 2 heterocycles. The summed E-state index contributed by atoms with van der Waals surface area (Å²) in [6.45, 7) is 6.69. The number of imidazole rings is 1. The van der Waals surface area contributed by atoms with Crippen LogP contribution in [0.3, 0.4) is 0 Å². The molecule has 0 aliphatic rings. The Morgan fingerprint density at radius 1 is 0.921 bits per heavy atom. The van der Waals surface area contributed by atoms with Gasteiger partial charge in [-0.3, -0.25) is 29.5 Å². The van der Waals surface area contributed by atoms with E-state index in [0.717, 1.165) is 23.5 Å². The second-order valence-corrected chi connectivity index (χ2v) is 9.91. The Balaban J connectivity index is 1.57. The summed E-state index contributed by atoms with van der Waals surface area (Å²) in [5.74, 6) is 1.63. The Labute approximate surface area is 216 Å². The van der Waals surface area contributed by atoms with Crippen LogP contribution < -0.4 is 9.46 Å². The van der Waals surface area contributed by atoms with Crippen LogP contribution in [0.2, 0.25) is 0 Å². The first-order chi connectivity index (χ1) is 17.9. The third-order valence-electron chi connectivity index (χ3n) is 5.66. The molecule has 0 bridgehead atoms. The summed E-state index contributed by atoms with van der Waals surface area (Å²) in [5.41, 5.74) is 0.272. The molecule has 0 saturated carbocycles. The van der Waals surface area contributed by atoms with Crippen LogP contribution in [0.25, 0.3) is 5.82 Å². The van der Waals surface area contributed by atoms with Crippen LogP contribution in [-0.2, 0) is 10.0 Å². The van der Waals surface area contributed by atoms with Gasteiger partial charge in [-0.2, -0.15) is 4.98 Å². The van der Waals surface area contributed by atoms with E-state index in [1.54, 1.807) is 23.9 Å². The van der Waals surface area contributed by atoms with Crippen molar-refractivity contribution in [3.63, 3.8) is 0 Å². The minimum absolute atomic E-state index is 0.104. The van der Waals surface area contributed by atoms with Crippen LogP contribution in [0.5, 0.6) is 11.6 Å². The Morgan fingerprint density at radius 3 is 2.05 bits per heavy atom. The number of aromatic nitrogens is 4. The van der Waals surface area contributed by atoms with E-state index in [1.165, 1.54) is 31.2 Å². The van der Waals surface area contributed by atoms with Gasteiger partial charge in [-0.25, -0.2) is 18.4 Å². The van der Waals surface area contributed by atoms with E-state index in [2.05, 4.69) is 19.7 Å². The van der Waals surface area contributed by atoms with Gasteiger partial charge < -0.3 is 4.74 Å². The standard InChI is InChI=1S/C23H21N7O7S/c1-13-20(29(31)32)9-19(10-21(13)30(33)34)38(35,36)27-17-5-7-18(8-6-17)37-23-11-22(25-16(4)26-23)28-12-24-14(2)15(28)3/h5-12,27H,1-4H3. The van der Waals surface area contributed by atoms with E-state index >= 15 is 0 Å². The maximum absolute atomic E-state index is 12.9. The van der Waals surface area contributed by atoms with Crippen LogP contribution in [0.15, 0.2) is 53.7 Å². The summed E-state index contributed by atoms with van der Waals surface area (Å²) in [7, 11) is -4.39. The van der Waals surface area contributed by atoms with Gasteiger partial charge in [0.15, 0.2) is 0 Å². The molecule has 0 aliphatic heterocycles. The predicted molar refractivity (Wildman–Crippen MR) is 135 cm³/mol. The lowest BCUT2D eigenvalue weighted by Crippen LogP contribution is -2.14. The van der Waals surface area contributed by atoms with Crippen LogP contribution in [0.1, 0.15) is 22.8 Å². The van der Waals surface area contributed by atoms with Crippen molar-refractivity contribution in [2.45, 2.75) is 32.6 Å². The smallest absolute Gasteiger partial charge is 0.280 e. The van der Waals surface area contributed by atoms with Gasteiger partial charge in [0.1, 0.15) is 34.2 Å². The first kappa shape index (κ1) is 26.2. The fourth-order valence-electron chi connectivity index (χ4n) is 3.55. The average molecular weight is 540 g/mol. The monoisotopic (exact) mass is 539 g/mol. The van der Waals surface area contributed by atoms with Gasteiger partial charge in [0, 0.05) is 29.6 Å². The third-order valence-corrected chi connectivity index (χ3v) is 7.02. The molecule has 2 aromatic carbocycles. The Bertz CT molecular complexity index is 1650. The van der Waals surface area contributed by atoms with Crippen molar-refractivity contribution in [2.75, 3.05) is 4.72 Å². The van der Waals surface area contributed by atoms with Crippen molar-refractivity contribution in [3.8, 4) is 17.4 Å². The minimum Gasteiger partial charge on any atom is -0.439 e. The summed E-state index contributed by atoms with van der Waals surface area (Å²) >= 11 is 0. The lowest BCUT2D eigenvalue weighted by atomic mass is 10.1. The number of rotatable bonds is 8. The number of sulfonamides is 1.